The molecule has 0 radical (unpaired) electrons. The molecule has 1 aliphatic heterocycles. The predicted molar refractivity (Wildman–Crippen MR) is 182 cm³/mol. The summed E-state index contributed by atoms with van der Waals surface area (Å²) in [6.45, 7) is -0.804. The number of phosphoric ester groups is 1. The van der Waals surface area contributed by atoms with E-state index in [1.807, 2.05) is 0 Å². The van der Waals surface area contributed by atoms with Crippen molar-refractivity contribution in [2.75, 3.05) is 25.5 Å². The molecule has 0 spiro atoms. The third-order valence-electron chi connectivity index (χ3n) is 7.70. The molecule has 56 heavy (non-hydrogen) atoms. The molecule has 4 heterocycles. The van der Waals surface area contributed by atoms with Crippen LogP contribution in [-0.4, -0.2) is 87.9 Å². The smallest absolute Gasteiger partial charge is 0.490 e. The number of rotatable bonds is 18. The molecule has 304 valence electrons. The van der Waals surface area contributed by atoms with Gasteiger partial charge in [-0.05, 0) is 31.4 Å². The van der Waals surface area contributed by atoms with Gasteiger partial charge in [-0.15, -0.1) is 0 Å². The van der Waals surface area contributed by atoms with Crippen LogP contribution in [0.2, 0.25) is 0 Å². The predicted octanol–water partition coefficient (Wildman–Crippen LogP) is 2.24. The number of hydrogen-bond acceptors (Lipinski definition) is 17. The quantitative estimate of drug-likeness (QED) is 0.0188. The van der Waals surface area contributed by atoms with Gasteiger partial charge in [0.25, 0.3) is 11.7 Å². The normalized spacial score (nSPS) is 19.7. The Balaban J connectivity index is 1.11. The zero-order valence-electron chi connectivity index (χ0n) is 28.2. The number of fused-ring (bicyclic) bond motifs is 2. The number of hydrogen-bond donors (Lipinski definition) is 7. The van der Waals surface area contributed by atoms with Gasteiger partial charge in [-0.3, -0.25) is 18.7 Å². The second-order valence-corrected chi connectivity index (χ2v) is 16.1. The molecule has 0 aliphatic carbocycles. The van der Waals surface area contributed by atoms with Gasteiger partial charge in [-0.25, -0.2) is 37.8 Å². The van der Waals surface area contributed by atoms with Crippen LogP contribution >= 0.6 is 23.5 Å². The number of aromatic nitrogens is 4. The lowest BCUT2D eigenvalue weighted by atomic mass is 10.1. The van der Waals surface area contributed by atoms with Gasteiger partial charge in [-0.2, -0.15) is 13.0 Å². The zero-order chi connectivity index (χ0) is 41.0. The number of nitrogens with two attached hydrogens (primary N) is 1. The van der Waals surface area contributed by atoms with Gasteiger partial charge in [-0.1, -0.05) is 12.2 Å². The number of halogens is 2. The molecule has 1 aliphatic rings. The van der Waals surface area contributed by atoms with E-state index in [4.69, 9.17) is 29.5 Å². The number of anilines is 1. The molecule has 5 atom stereocenters. The van der Waals surface area contributed by atoms with Crippen molar-refractivity contribution >= 4 is 63.1 Å². The molecule has 2 unspecified atom stereocenters. The average molecular weight is 854 g/mol. The highest BCUT2D eigenvalue weighted by Crippen LogP contribution is 2.66. The fraction of sp³-hybridized carbons (Fsp3) is 0.357. The van der Waals surface area contributed by atoms with Gasteiger partial charge in [0, 0.05) is 18.4 Å². The third-order valence-corrected chi connectivity index (χ3v) is 11.5. The average Bonchev–Trinajstić information content (AvgIpc) is 3.72. The molecule has 0 saturated carbocycles. The van der Waals surface area contributed by atoms with Crippen LogP contribution in [0.3, 0.4) is 0 Å². The van der Waals surface area contributed by atoms with Crippen molar-refractivity contribution in [3.05, 3.63) is 64.6 Å². The van der Waals surface area contributed by atoms with Crippen molar-refractivity contribution in [3.8, 4) is 5.75 Å². The Morgan fingerprint density at radius 3 is 2.54 bits per heavy atom. The summed E-state index contributed by atoms with van der Waals surface area (Å²) in [5, 5.41) is 11.3. The Morgan fingerprint density at radius 1 is 1.05 bits per heavy atom. The molecule has 28 heteroatoms. The van der Waals surface area contributed by atoms with Crippen LogP contribution in [0, 0.1) is 11.6 Å². The number of aromatic hydroxyl groups is 1. The van der Waals surface area contributed by atoms with Crippen molar-refractivity contribution < 1.29 is 83.8 Å². The van der Waals surface area contributed by atoms with Crippen molar-refractivity contribution in [1.29, 1.82) is 0 Å². The summed E-state index contributed by atoms with van der Waals surface area (Å²) in [6, 6.07) is 1.41. The van der Waals surface area contributed by atoms with Crippen molar-refractivity contribution in [3.63, 3.8) is 0 Å². The van der Waals surface area contributed by atoms with Crippen LogP contribution in [-0.2, 0) is 41.1 Å². The number of phenolic OH excluding ortho intramolecular Hbond substituents is 1. The molecule has 1 fully saturated rings. The van der Waals surface area contributed by atoms with Crippen molar-refractivity contribution in [1.82, 2.24) is 24.8 Å². The maximum atomic E-state index is 14.0. The minimum absolute atomic E-state index is 0.0164. The highest BCUT2D eigenvalue weighted by molar-refractivity contribution is 7.66. The van der Waals surface area contributed by atoms with Crippen molar-refractivity contribution in [2.45, 2.75) is 44.1 Å². The zero-order valence-corrected chi connectivity index (χ0v) is 30.9. The molecule has 8 N–H and O–H groups in total. The molecular weight excluding hydrogens is 823 g/mol. The topological polar surface area (TPSA) is 345 Å². The number of ether oxygens (including phenoxy) is 2. The van der Waals surface area contributed by atoms with Crippen LogP contribution in [0.15, 0.2) is 46.2 Å². The van der Waals surface area contributed by atoms with Gasteiger partial charge in [0.2, 0.25) is 5.82 Å². The van der Waals surface area contributed by atoms with Crippen molar-refractivity contribution in [2.24, 2.45) is 0 Å². The number of imidazole rings is 1. The van der Waals surface area contributed by atoms with Crippen LogP contribution < -0.4 is 16.7 Å². The molecule has 5 rings (SSSR count). The number of amides is 1. The van der Waals surface area contributed by atoms with Gasteiger partial charge in [0.15, 0.2) is 28.6 Å². The molecule has 4 aromatic rings. The Labute approximate surface area is 311 Å². The number of benzene rings is 1. The van der Waals surface area contributed by atoms with Crippen LogP contribution in [0.1, 0.15) is 42.3 Å². The van der Waals surface area contributed by atoms with E-state index in [1.54, 1.807) is 12.2 Å². The first kappa shape index (κ1) is 42.8. The summed E-state index contributed by atoms with van der Waals surface area (Å²) >= 11 is 0. The van der Waals surface area contributed by atoms with E-state index in [1.165, 1.54) is 17.2 Å². The fourth-order valence-electron chi connectivity index (χ4n) is 5.25. The Hall–Kier alpha value is -4.35. The summed E-state index contributed by atoms with van der Waals surface area (Å²) in [4.78, 5) is 86.1. The number of nitrogens with one attached hydrogen (secondary N) is 1. The molecule has 3 aromatic heterocycles. The van der Waals surface area contributed by atoms with E-state index in [0.29, 0.717) is 25.3 Å². The highest BCUT2D eigenvalue weighted by atomic mass is 31.3. The van der Waals surface area contributed by atoms with Crippen LogP contribution in [0.5, 0.6) is 5.75 Å². The number of phosphoric acid groups is 3. The Bertz CT molecular complexity index is 2370. The number of allylic oxidation sites excluding steroid dienone is 1. The summed E-state index contributed by atoms with van der Waals surface area (Å²) in [5.74, 6) is -6.67. The molecular formula is C28H31F2N6O17P3. The van der Waals surface area contributed by atoms with E-state index >= 15 is 0 Å². The Kier molecular flexibility index (Phi) is 13.3. The second kappa shape index (κ2) is 17.4. The molecule has 1 saturated heterocycles. The summed E-state index contributed by atoms with van der Waals surface area (Å²) in [6.07, 6.45) is 4.47. The van der Waals surface area contributed by atoms with Gasteiger partial charge in [0.1, 0.15) is 29.7 Å². The van der Waals surface area contributed by atoms with Gasteiger partial charge < -0.3 is 49.6 Å². The summed E-state index contributed by atoms with van der Waals surface area (Å²) in [5.41, 5.74) is 3.47. The standard InChI is InChI=1S/C28H31F2N6O17P3/c29-16-9-14-8-15(28(40)51-24(14)20(30)23(16)38)22(37)27(39)32-6-4-2-1-3-5-7-48-17-10-19(36-13-35-21-25(31)33-12-34-26(21)36)50-18(17)11-49-55(44,45)53-56(46,47)52-54(41,42)43/h3,5,8-9,12-13,17-19,38H,1-2,4,6-7,10-11H2,(H,32,39)(H,44,45)(H,46,47)(H2,31,33,34)(H2,41,42,43)/b5-3+/t17-,18+,19+/m0/s1. The lowest BCUT2D eigenvalue weighted by Gasteiger charge is -2.21. The number of Topliss-reactive ketones (excluding diaryl/α,β-unsaturated/α-hetero) is 1. The SMILES string of the molecule is Nc1ncnc2c1ncn2[C@H]1C[C@H](OC/C=C/CCCCNC(=O)C(=O)c2cc3cc(F)c(O)c(F)c3oc2=O)[C@@H](COP(=O)(O)OP(=O)(O)OP(=O)(O)O)O1. The van der Waals surface area contributed by atoms with E-state index in [9.17, 15) is 51.8 Å². The minimum Gasteiger partial charge on any atom is -0.503 e. The fourth-order valence-corrected chi connectivity index (χ4v) is 8.28. The second-order valence-electron chi connectivity index (χ2n) is 11.6. The van der Waals surface area contributed by atoms with E-state index in [0.717, 1.165) is 6.07 Å². The molecule has 1 aromatic carbocycles. The number of carbonyl (C=O) groups excluding carboxylic acids is 2. The number of nitrogen functional groups attached to an aromatic ring is 1. The number of ketones is 1. The van der Waals surface area contributed by atoms with E-state index in [-0.39, 0.29) is 41.9 Å². The maximum absolute atomic E-state index is 14.0. The first-order valence-corrected chi connectivity index (χ1v) is 20.4. The number of carbonyl (C=O) groups is 2. The Morgan fingerprint density at radius 2 is 1.80 bits per heavy atom. The highest BCUT2D eigenvalue weighted by Gasteiger charge is 2.43. The van der Waals surface area contributed by atoms with Crippen LogP contribution in [0.25, 0.3) is 22.1 Å². The molecule has 1 amide bonds. The first-order valence-electron chi connectivity index (χ1n) is 15.9. The first-order chi connectivity index (χ1) is 26.2. The number of unbranched alkanes of at least 4 members (excludes halogenated alkanes) is 2. The molecule has 23 nitrogen and oxygen atoms in total. The summed E-state index contributed by atoms with van der Waals surface area (Å²) < 4.78 is 93.0. The summed E-state index contributed by atoms with van der Waals surface area (Å²) in [7, 11) is -16.9. The molecule has 0 bridgehead atoms. The van der Waals surface area contributed by atoms with E-state index < -0.39 is 94.4 Å². The third kappa shape index (κ3) is 10.7. The lowest BCUT2D eigenvalue weighted by Crippen LogP contribution is -2.34. The number of phenols is 1. The maximum Gasteiger partial charge on any atom is 0.490 e. The van der Waals surface area contributed by atoms with Crippen LogP contribution in [0.4, 0.5) is 14.6 Å². The van der Waals surface area contributed by atoms with Gasteiger partial charge >= 0.3 is 29.1 Å². The largest absolute Gasteiger partial charge is 0.503 e. The van der Waals surface area contributed by atoms with Gasteiger partial charge in [0.05, 0.1) is 25.6 Å². The monoisotopic (exact) mass is 854 g/mol. The lowest BCUT2D eigenvalue weighted by molar-refractivity contribution is -0.117. The number of nitrogens with zero attached hydrogens (tertiary/aromatic N) is 4. The van der Waals surface area contributed by atoms with E-state index in [2.05, 4.69) is 33.3 Å². The minimum atomic E-state index is -5.77.